The van der Waals surface area contributed by atoms with Crippen molar-refractivity contribution in [1.29, 1.82) is 0 Å². The third-order valence-corrected chi connectivity index (χ3v) is 4.96. The van der Waals surface area contributed by atoms with Crippen LogP contribution in [-0.4, -0.2) is 36.0 Å². The Hall–Kier alpha value is -2.74. The van der Waals surface area contributed by atoms with E-state index in [4.69, 9.17) is 4.74 Å². The van der Waals surface area contributed by atoms with Gasteiger partial charge in [0.25, 0.3) is 0 Å². The monoisotopic (exact) mass is 374 g/mol. The Labute approximate surface area is 155 Å². The minimum Gasteiger partial charge on any atom is -0.456 e. The Morgan fingerprint density at radius 1 is 1.31 bits per heavy atom. The molecule has 0 saturated carbocycles. The molecule has 0 aromatic heterocycles. The van der Waals surface area contributed by atoms with E-state index < -0.39 is 12.1 Å². The van der Waals surface area contributed by atoms with Crippen LogP contribution >= 0.6 is 11.8 Å². The summed E-state index contributed by atoms with van der Waals surface area (Å²) in [6.07, 6.45) is 1.88. The molecule has 7 nitrogen and oxygen atoms in total. The average molecular weight is 374 g/mol. The van der Waals surface area contributed by atoms with E-state index in [9.17, 15) is 14.4 Å². The zero-order valence-corrected chi connectivity index (χ0v) is 15.0. The van der Waals surface area contributed by atoms with E-state index in [1.807, 2.05) is 30.3 Å². The van der Waals surface area contributed by atoms with Gasteiger partial charge in [0.1, 0.15) is 12.3 Å². The van der Waals surface area contributed by atoms with E-state index in [-0.39, 0.29) is 18.6 Å². The third kappa shape index (κ3) is 3.91. The minimum atomic E-state index is -0.580. The molecule has 8 heteroatoms. The van der Waals surface area contributed by atoms with E-state index >= 15 is 0 Å². The first-order chi connectivity index (χ1) is 12.6. The van der Waals surface area contributed by atoms with Gasteiger partial charge in [0, 0.05) is 23.9 Å². The van der Waals surface area contributed by atoms with Crippen molar-refractivity contribution in [2.24, 2.45) is 0 Å². The zero-order valence-electron chi connectivity index (χ0n) is 14.1. The molecule has 1 aromatic carbocycles. The van der Waals surface area contributed by atoms with Gasteiger partial charge < -0.3 is 14.4 Å². The van der Waals surface area contributed by atoms with Crippen LogP contribution in [0.2, 0.25) is 0 Å². The molecule has 1 saturated heterocycles. The highest BCUT2D eigenvalue weighted by molar-refractivity contribution is 8.05. The van der Waals surface area contributed by atoms with Gasteiger partial charge in [-0.3, -0.25) is 10.1 Å². The number of hydrogen-bond acceptors (Lipinski definition) is 6. The fourth-order valence-electron chi connectivity index (χ4n) is 2.78. The van der Waals surface area contributed by atoms with Gasteiger partial charge in [-0.1, -0.05) is 42.1 Å². The second-order valence-electron chi connectivity index (χ2n) is 5.72. The number of fused-ring (bicyclic) bond motifs is 1. The number of esters is 1. The molecule has 1 unspecified atom stereocenters. The van der Waals surface area contributed by atoms with Gasteiger partial charge in [-0.25, -0.2) is 9.59 Å². The molecule has 1 aromatic rings. The van der Waals surface area contributed by atoms with Crippen molar-refractivity contribution in [3.8, 4) is 0 Å². The van der Waals surface area contributed by atoms with E-state index in [0.29, 0.717) is 18.5 Å². The summed E-state index contributed by atoms with van der Waals surface area (Å²) in [6, 6.07) is 9.37. The number of nitrogens with one attached hydrogen (secondary N) is 1. The number of carbonyl (C=O) groups excluding carboxylic acids is 3. The lowest BCUT2D eigenvalue weighted by molar-refractivity contribution is -0.150. The Kier molecular flexibility index (Phi) is 5.62. The molecule has 2 aliphatic heterocycles. The van der Waals surface area contributed by atoms with Crippen LogP contribution in [0.4, 0.5) is 4.79 Å². The number of ether oxygens (including phenoxy) is 2. The van der Waals surface area contributed by atoms with Crippen molar-refractivity contribution in [2.45, 2.75) is 25.5 Å². The smallest absolute Gasteiger partial charge is 0.410 e. The summed E-state index contributed by atoms with van der Waals surface area (Å²) in [4.78, 5) is 37.7. The predicted molar refractivity (Wildman–Crippen MR) is 95.4 cm³/mol. The number of methoxy groups -OCH3 is 1. The van der Waals surface area contributed by atoms with Crippen molar-refractivity contribution in [1.82, 2.24) is 10.2 Å². The first kappa shape index (κ1) is 18.1. The molecule has 1 atom stereocenters. The van der Waals surface area contributed by atoms with Crippen LogP contribution in [0, 0.1) is 0 Å². The lowest BCUT2D eigenvalue weighted by atomic mass is 10.0. The number of nitrogens with zero attached hydrogens (tertiary/aromatic N) is 1. The fourth-order valence-corrected chi connectivity index (χ4v) is 3.67. The molecule has 26 heavy (non-hydrogen) atoms. The van der Waals surface area contributed by atoms with E-state index in [2.05, 4.69) is 10.1 Å². The standard InChI is InChI=1S/C18H18N2O5S/c1-24-18(23)19-7-8-26-14-9-13-10-15(21)20(13)16(14)17(22)25-11-12-5-3-2-4-6-12/h2-8,13H,9-11H2,1H3,(H,19,23)/b8-7-. The van der Waals surface area contributed by atoms with Crippen LogP contribution in [0.1, 0.15) is 18.4 Å². The molecule has 1 N–H and O–H groups in total. The molecule has 0 bridgehead atoms. The first-order valence-electron chi connectivity index (χ1n) is 8.02. The summed E-state index contributed by atoms with van der Waals surface area (Å²) >= 11 is 1.28. The van der Waals surface area contributed by atoms with Gasteiger partial charge in [0.2, 0.25) is 5.91 Å². The second-order valence-corrected chi connectivity index (χ2v) is 6.72. The lowest BCUT2D eigenvalue weighted by Crippen LogP contribution is -2.49. The molecule has 2 amide bonds. The highest BCUT2D eigenvalue weighted by Gasteiger charge is 2.47. The molecule has 136 valence electrons. The number of amides is 2. The normalized spacial score (nSPS) is 18.6. The summed E-state index contributed by atoms with van der Waals surface area (Å²) in [7, 11) is 1.27. The van der Waals surface area contributed by atoms with Gasteiger partial charge >= 0.3 is 12.1 Å². The summed E-state index contributed by atoms with van der Waals surface area (Å²) in [6.45, 7) is 0.146. The SMILES string of the molecule is COC(=O)N/C=C\SC1=C(C(=O)OCc2ccccc2)N2C(=O)CC2C1. The van der Waals surface area contributed by atoms with E-state index in [0.717, 1.165) is 10.5 Å². The van der Waals surface area contributed by atoms with E-state index in [1.54, 1.807) is 5.41 Å². The quantitative estimate of drug-likeness (QED) is 0.608. The highest BCUT2D eigenvalue weighted by atomic mass is 32.2. The van der Waals surface area contributed by atoms with E-state index in [1.165, 1.54) is 30.0 Å². The van der Waals surface area contributed by atoms with Crippen molar-refractivity contribution in [2.75, 3.05) is 7.11 Å². The third-order valence-electron chi connectivity index (χ3n) is 4.04. The van der Waals surface area contributed by atoms with Crippen LogP contribution in [0.15, 0.2) is 52.5 Å². The Bertz CT molecular complexity index is 775. The summed E-state index contributed by atoms with van der Waals surface area (Å²) in [5, 5.41) is 4.04. The van der Waals surface area contributed by atoms with Crippen LogP contribution in [0.5, 0.6) is 0 Å². The van der Waals surface area contributed by atoms with Crippen molar-refractivity contribution >= 4 is 29.7 Å². The van der Waals surface area contributed by atoms with Gasteiger partial charge in [0.05, 0.1) is 13.2 Å². The highest BCUT2D eigenvalue weighted by Crippen LogP contribution is 2.43. The number of benzene rings is 1. The first-order valence-corrected chi connectivity index (χ1v) is 8.90. The largest absolute Gasteiger partial charge is 0.456 e. The van der Waals surface area contributed by atoms with Crippen molar-refractivity contribution in [3.05, 3.63) is 58.1 Å². The van der Waals surface area contributed by atoms with Gasteiger partial charge in [-0.2, -0.15) is 0 Å². The van der Waals surface area contributed by atoms with Gasteiger partial charge in [-0.15, -0.1) is 0 Å². The molecule has 1 fully saturated rings. The van der Waals surface area contributed by atoms with Gasteiger partial charge in [-0.05, 0) is 11.0 Å². The molecular weight excluding hydrogens is 356 g/mol. The van der Waals surface area contributed by atoms with Crippen LogP contribution in [-0.2, 0) is 25.7 Å². The summed E-state index contributed by atoms with van der Waals surface area (Å²) in [5.74, 6) is -0.588. The van der Waals surface area contributed by atoms with Crippen molar-refractivity contribution < 1.29 is 23.9 Å². The molecule has 2 heterocycles. The maximum atomic E-state index is 12.6. The number of thioether (sulfide) groups is 1. The summed E-state index contributed by atoms with van der Waals surface area (Å²) in [5.41, 5.74) is 1.18. The Morgan fingerprint density at radius 2 is 2.08 bits per heavy atom. The average Bonchev–Trinajstić information content (AvgIpc) is 2.96. The molecule has 0 aliphatic carbocycles. The maximum absolute atomic E-state index is 12.6. The number of rotatable bonds is 6. The predicted octanol–water partition coefficient (Wildman–Crippen LogP) is 2.51. The van der Waals surface area contributed by atoms with Crippen LogP contribution < -0.4 is 5.32 Å². The molecule has 2 aliphatic rings. The Morgan fingerprint density at radius 3 is 2.77 bits per heavy atom. The zero-order chi connectivity index (χ0) is 18.5. The second kappa shape index (κ2) is 8.09. The van der Waals surface area contributed by atoms with Crippen molar-refractivity contribution in [3.63, 3.8) is 0 Å². The summed E-state index contributed by atoms with van der Waals surface area (Å²) < 4.78 is 9.85. The minimum absolute atomic E-state index is 0.0197. The lowest BCUT2D eigenvalue weighted by Gasteiger charge is -2.35. The molecule has 3 rings (SSSR count). The fraction of sp³-hybridized carbons (Fsp3) is 0.278. The topological polar surface area (TPSA) is 84.9 Å². The maximum Gasteiger partial charge on any atom is 0.410 e. The number of hydrogen-bond donors (Lipinski definition) is 1. The van der Waals surface area contributed by atoms with Crippen LogP contribution in [0.25, 0.3) is 0 Å². The number of carbonyl (C=O) groups is 3. The molecular formula is C18H18N2O5S. The number of β-lactam (4-membered cyclic amide) rings is 1. The molecule has 0 spiro atoms. The number of alkyl carbamates (subject to hydrolysis) is 1. The van der Waals surface area contributed by atoms with Crippen LogP contribution in [0.3, 0.4) is 0 Å². The Balaban J connectivity index is 1.67. The van der Waals surface area contributed by atoms with Gasteiger partial charge in [0.15, 0.2) is 0 Å². The molecule has 0 radical (unpaired) electrons.